The fourth-order valence-electron chi connectivity index (χ4n) is 1.86. The number of hydrogen-bond donors (Lipinski definition) is 1. The molecule has 1 aromatic rings. The Hall–Kier alpha value is -1.52. The lowest BCUT2D eigenvalue weighted by Gasteiger charge is -2.26. The van der Waals surface area contributed by atoms with Crippen LogP contribution in [-0.4, -0.2) is 21.5 Å². The van der Waals surface area contributed by atoms with Crippen LogP contribution in [0.2, 0.25) is 0 Å². The maximum absolute atomic E-state index is 12.0. The summed E-state index contributed by atoms with van der Waals surface area (Å²) in [7, 11) is 0. The first kappa shape index (κ1) is 12.0. The Labute approximate surface area is 101 Å². The van der Waals surface area contributed by atoms with Gasteiger partial charge in [-0.15, -0.1) is 5.10 Å². The second kappa shape index (κ2) is 4.05. The summed E-state index contributed by atoms with van der Waals surface area (Å²) in [6, 6.07) is 1.77. The van der Waals surface area contributed by atoms with Gasteiger partial charge in [0.15, 0.2) is 0 Å². The summed E-state index contributed by atoms with van der Waals surface area (Å²) in [5.41, 5.74) is 6.02. The number of ether oxygens (including phenoxy) is 1. The predicted molar refractivity (Wildman–Crippen MR) is 64.9 cm³/mol. The maximum Gasteiger partial charge on any atom is 0.435 e. The summed E-state index contributed by atoms with van der Waals surface area (Å²) >= 11 is 0. The van der Waals surface area contributed by atoms with Crippen LogP contribution < -0.4 is 5.73 Å². The van der Waals surface area contributed by atoms with Crippen LogP contribution in [0.3, 0.4) is 0 Å². The van der Waals surface area contributed by atoms with Crippen LogP contribution in [0.1, 0.15) is 51.6 Å². The third kappa shape index (κ3) is 2.60. The van der Waals surface area contributed by atoms with Gasteiger partial charge in [0.1, 0.15) is 11.4 Å². The second-order valence-corrected chi connectivity index (χ2v) is 5.51. The monoisotopic (exact) mass is 237 g/mol. The van der Waals surface area contributed by atoms with Crippen molar-refractivity contribution < 1.29 is 9.53 Å². The van der Waals surface area contributed by atoms with Gasteiger partial charge in [-0.25, -0.2) is 4.79 Å². The number of nitrogen functional groups attached to an aromatic ring is 1. The Morgan fingerprint density at radius 2 is 2.18 bits per heavy atom. The van der Waals surface area contributed by atoms with E-state index in [2.05, 4.69) is 5.10 Å². The number of rotatable bonds is 1. The number of carbonyl (C=O) groups excluding carboxylic acids is 1. The van der Waals surface area contributed by atoms with Crippen molar-refractivity contribution in [2.24, 2.45) is 0 Å². The number of aromatic nitrogens is 2. The molecule has 1 heterocycles. The standard InChI is InChI=1S/C12H19N3O2/c1-12(2,3)17-11(16)15-9(7-10(13)14-15)8-5-4-6-8/h7-8H,4-6H2,1-3H3,(H2,13,14). The molecule has 1 saturated carbocycles. The van der Waals surface area contributed by atoms with Crippen LogP contribution in [-0.2, 0) is 4.74 Å². The number of nitrogens with zero attached hydrogens (tertiary/aromatic N) is 2. The van der Waals surface area contributed by atoms with Gasteiger partial charge in [0.2, 0.25) is 0 Å². The Morgan fingerprint density at radius 3 is 2.65 bits per heavy atom. The molecule has 0 unspecified atom stereocenters. The van der Waals surface area contributed by atoms with Gasteiger partial charge in [-0.2, -0.15) is 4.68 Å². The van der Waals surface area contributed by atoms with E-state index in [4.69, 9.17) is 10.5 Å². The highest BCUT2D eigenvalue weighted by Crippen LogP contribution is 2.37. The van der Waals surface area contributed by atoms with Gasteiger partial charge >= 0.3 is 6.09 Å². The summed E-state index contributed by atoms with van der Waals surface area (Å²) in [5.74, 6) is 0.769. The molecule has 0 atom stereocenters. The molecule has 94 valence electrons. The molecule has 1 aliphatic carbocycles. The third-order valence-electron chi connectivity index (χ3n) is 2.85. The Bertz CT molecular complexity index is 427. The summed E-state index contributed by atoms with van der Waals surface area (Å²) < 4.78 is 6.61. The second-order valence-electron chi connectivity index (χ2n) is 5.51. The predicted octanol–water partition coefficient (Wildman–Crippen LogP) is 2.52. The zero-order valence-corrected chi connectivity index (χ0v) is 10.6. The zero-order valence-electron chi connectivity index (χ0n) is 10.6. The van der Waals surface area contributed by atoms with Crippen LogP contribution in [0.15, 0.2) is 6.07 Å². The molecule has 0 bridgehead atoms. The topological polar surface area (TPSA) is 70.1 Å². The molecule has 0 radical (unpaired) electrons. The highest BCUT2D eigenvalue weighted by atomic mass is 16.6. The van der Waals surface area contributed by atoms with E-state index >= 15 is 0 Å². The number of nitrogens with two attached hydrogens (primary N) is 1. The minimum atomic E-state index is -0.519. The van der Waals surface area contributed by atoms with E-state index in [0.717, 1.165) is 18.5 Å². The molecule has 2 N–H and O–H groups in total. The molecular formula is C12H19N3O2. The maximum atomic E-state index is 12.0. The summed E-state index contributed by atoms with van der Waals surface area (Å²) in [6.07, 6.45) is 2.93. The van der Waals surface area contributed by atoms with Gasteiger partial charge in [0.25, 0.3) is 0 Å². The van der Waals surface area contributed by atoms with Crippen molar-refractivity contribution in [1.82, 2.24) is 9.78 Å². The lowest BCUT2D eigenvalue weighted by molar-refractivity contribution is 0.0505. The van der Waals surface area contributed by atoms with E-state index in [0.29, 0.717) is 11.7 Å². The molecule has 1 aromatic heterocycles. The fourth-order valence-corrected chi connectivity index (χ4v) is 1.86. The number of carbonyl (C=O) groups is 1. The lowest BCUT2D eigenvalue weighted by atomic mass is 9.83. The van der Waals surface area contributed by atoms with Crippen LogP contribution >= 0.6 is 0 Å². The average molecular weight is 237 g/mol. The first-order valence-corrected chi connectivity index (χ1v) is 5.95. The van der Waals surface area contributed by atoms with E-state index in [1.54, 1.807) is 6.07 Å². The molecule has 0 amide bonds. The molecule has 5 heteroatoms. The minimum Gasteiger partial charge on any atom is -0.442 e. The molecule has 1 aliphatic rings. The van der Waals surface area contributed by atoms with E-state index in [1.807, 2.05) is 20.8 Å². The molecular weight excluding hydrogens is 218 g/mol. The van der Waals surface area contributed by atoms with Crippen molar-refractivity contribution in [3.8, 4) is 0 Å². The van der Waals surface area contributed by atoms with Gasteiger partial charge < -0.3 is 10.5 Å². The van der Waals surface area contributed by atoms with Crippen LogP contribution in [0.5, 0.6) is 0 Å². The van der Waals surface area contributed by atoms with Crippen molar-refractivity contribution in [1.29, 1.82) is 0 Å². The van der Waals surface area contributed by atoms with E-state index in [-0.39, 0.29) is 0 Å². The first-order chi connectivity index (χ1) is 7.87. The quantitative estimate of drug-likeness (QED) is 0.814. The molecule has 0 aliphatic heterocycles. The molecule has 0 spiro atoms. The normalized spacial score (nSPS) is 16.6. The van der Waals surface area contributed by atoms with Crippen molar-refractivity contribution in [3.63, 3.8) is 0 Å². The van der Waals surface area contributed by atoms with E-state index in [9.17, 15) is 4.79 Å². The van der Waals surface area contributed by atoms with Crippen LogP contribution in [0.4, 0.5) is 10.6 Å². The van der Waals surface area contributed by atoms with Gasteiger partial charge in [-0.3, -0.25) is 0 Å². The number of hydrogen-bond acceptors (Lipinski definition) is 4. The Kier molecular flexibility index (Phi) is 2.85. The number of anilines is 1. The highest BCUT2D eigenvalue weighted by Gasteiger charge is 2.28. The van der Waals surface area contributed by atoms with Crippen molar-refractivity contribution in [2.45, 2.75) is 51.6 Å². The summed E-state index contributed by atoms with van der Waals surface area (Å²) in [5, 5.41) is 4.02. The lowest BCUT2D eigenvalue weighted by Crippen LogP contribution is -2.30. The molecule has 0 aromatic carbocycles. The highest BCUT2D eigenvalue weighted by molar-refractivity contribution is 5.71. The molecule has 17 heavy (non-hydrogen) atoms. The Morgan fingerprint density at radius 1 is 1.53 bits per heavy atom. The van der Waals surface area contributed by atoms with Gasteiger partial charge in [0.05, 0.1) is 5.69 Å². The summed E-state index contributed by atoms with van der Waals surface area (Å²) in [6.45, 7) is 5.50. The van der Waals surface area contributed by atoms with Crippen molar-refractivity contribution in [2.75, 3.05) is 5.73 Å². The van der Waals surface area contributed by atoms with Gasteiger partial charge in [0, 0.05) is 12.0 Å². The molecule has 2 rings (SSSR count). The smallest absolute Gasteiger partial charge is 0.435 e. The minimum absolute atomic E-state index is 0.373. The van der Waals surface area contributed by atoms with Crippen LogP contribution in [0.25, 0.3) is 0 Å². The molecule has 0 saturated heterocycles. The molecule has 5 nitrogen and oxygen atoms in total. The van der Waals surface area contributed by atoms with Gasteiger partial charge in [-0.1, -0.05) is 6.42 Å². The molecule has 1 fully saturated rings. The zero-order chi connectivity index (χ0) is 12.6. The SMILES string of the molecule is CC(C)(C)OC(=O)n1nc(N)cc1C1CCC1. The van der Waals surface area contributed by atoms with E-state index < -0.39 is 11.7 Å². The van der Waals surface area contributed by atoms with Gasteiger partial charge in [-0.05, 0) is 33.6 Å². The largest absolute Gasteiger partial charge is 0.442 e. The Balaban J connectivity index is 2.22. The summed E-state index contributed by atoms with van der Waals surface area (Å²) in [4.78, 5) is 12.0. The van der Waals surface area contributed by atoms with Crippen molar-refractivity contribution >= 4 is 11.9 Å². The van der Waals surface area contributed by atoms with E-state index in [1.165, 1.54) is 11.1 Å². The third-order valence-corrected chi connectivity index (χ3v) is 2.85. The van der Waals surface area contributed by atoms with Crippen LogP contribution in [0, 0.1) is 0 Å². The average Bonchev–Trinajstić information content (AvgIpc) is 2.41. The fraction of sp³-hybridized carbons (Fsp3) is 0.667. The van der Waals surface area contributed by atoms with Crippen molar-refractivity contribution in [3.05, 3.63) is 11.8 Å². The first-order valence-electron chi connectivity index (χ1n) is 5.95.